The molecular weight excluding hydrogens is 243 g/mol. The molecule has 1 aliphatic rings. The molecule has 2 nitrogen and oxygen atoms in total. The lowest BCUT2D eigenvalue weighted by Gasteiger charge is -2.15. The molecule has 1 aliphatic carbocycles. The highest BCUT2D eigenvalue weighted by atomic mass is 127. The second-order valence-corrected chi connectivity index (χ2v) is 3.73. The molecule has 0 aromatic carbocycles. The first-order valence-corrected chi connectivity index (χ1v) is 4.48. The van der Waals surface area contributed by atoms with Gasteiger partial charge in [-0.3, -0.25) is 0 Å². The molecule has 0 spiro atoms. The van der Waals surface area contributed by atoms with Crippen molar-refractivity contribution in [2.75, 3.05) is 0 Å². The monoisotopic (exact) mass is 251 g/mol. The number of allylic oxidation sites excluding steroid dienone is 2. The Bertz CT molecular complexity index is 165. The second-order valence-electron chi connectivity index (χ2n) is 2.39. The molecule has 0 aliphatic heterocycles. The maximum absolute atomic E-state index is 10.3. The number of carbonyl (C=O) groups is 1. The van der Waals surface area contributed by atoms with Crippen LogP contribution >= 0.6 is 22.6 Å². The zero-order chi connectivity index (χ0) is 7.56. The molecule has 3 heteroatoms. The van der Waals surface area contributed by atoms with Crippen molar-refractivity contribution in [2.24, 2.45) is 5.92 Å². The number of carboxylic acid groups (broad SMARTS) is 1. The van der Waals surface area contributed by atoms with Crippen LogP contribution in [-0.2, 0) is 4.79 Å². The minimum atomic E-state index is -0.947. The molecule has 0 saturated heterocycles. The van der Waals surface area contributed by atoms with Gasteiger partial charge < -0.3 is 9.90 Å². The fraction of sp³-hybridized carbons (Fsp3) is 0.571. The maximum Gasteiger partial charge on any atom is 0.0568 e. The van der Waals surface area contributed by atoms with Gasteiger partial charge in [0, 0.05) is 0 Å². The van der Waals surface area contributed by atoms with Crippen LogP contribution in [0.25, 0.3) is 0 Å². The molecule has 1 rings (SSSR count). The third kappa shape index (κ3) is 1.71. The van der Waals surface area contributed by atoms with E-state index in [1.807, 2.05) is 34.7 Å². The second kappa shape index (κ2) is 3.37. The van der Waals surface area contributed by atoms with Crippen LogP contribution in [0.2, 0.25) is 0 Å². The van der Waals surface area contributed by atoms with Gasteiger partial charge in [-0.1, -0.05) is 34.7 Å². The Morgan fingerprint density at radius 3 is 2.90 bits per heavy atom. The van der Waals surface area contributed by atoms with E-state index in [2.05, 4.69) is 0 Å². The van der Waals surface area contributed by atoms with Gasteiger partial charge in [0.05, 0.1) is 9.89 Å². The SMILES string of the molecule is O=C([O-])C(I)C1C=CCC1. The average molecular weight is 251 g/mol. The summed E-state index contributed by atoms with van der Waals surface area (Å²) in [4.78, 5) is 10.3. The van der Waals surface area contributed by atoms with Crippen molar-refractivity contribution >= 4 is 28.6 Å². The standard InChI is InChI=1S/C7H9IO2/c8-6(7(9)10)5-3-1-2-4-5/h1,3,5-6H,2,4H2,(H,9,10)/p-1. The van der Waals surface area contributed by atoms with E-state index in [-0.39, 0.29) is 9.84 Å². The minimum Gasteiger partial charge on any atom is -0.549 e. The molecule has 2 unspecified atom stereocenters. The maximum atomic E-state index is 10.3. The molecular formula is C7H8IO2-. The molecule has 10 heavy (non-hydrogen) atoms. The van der Waals surface area contributed by atoms with Crippen LogP contribution in [0.3, 0.4) is 0 Å². The summed E-state index contributed by atoms with van der Waals surface area (Å²) in [6.45, 7) is 0. The molecule has 0 aromatic heterocycles. The molecule has 56 valence electrons. The molecule has 0 bridgehead atoms. The first-order chi connectivity index (χ1) is 4.72. The summed E-state index contributed by atoms with van der Waals surface area (Å²) in [5.41, 5.74) is 0. The largest absolute Gasteiger partial charge is 0.549 e. The average Bonchev–Trinajstić information content (AvgIpc) is 2.36. The van der Waals surface area contributed by atoms with E-state index < -0.39 is 5.97 Å². The minimum absolute atomic E-state index is 0.200. The highest BCUT2D eigenvalue weighted by Crippen LogP contribution is 2.25. The Hall–Kier alpha value is -0.0600. The molecule has 0 saturated carbocycles. The molecule has 2 atom stereocenters. The van der Waals surface area contributed by atoms with Crippen molar-refractivity contribution < 1.29 is 9.90 Å². The van der Waals surface area contributed by atoms with E-state index in [1.54, 1.807) is 0 Å². The Morgan fingerprint density at radius 1 is 1.80 bits per heavy atom. The number of aliphatic carboxylic acids is 1. The van der Waals surface area contributed by atoms with Crippen LogP contribution in [0.4, 0.5) is 0 Å². The fourth-order valence-corrected chi connectivity index (χ4v) is 1.67. The zero-order valence-electron chi connectivity index (χ0n) is 5.42. The highest BCUT2D eigenvalue weighted by Gasteiger charge is 2.18. The van der Waals surface area contributed by atoms with E-state index in [0.29, 0.717) is 0 Å². The van der Waals surface area contributed by atoms with Crippen LogP contribution in [-0.4, -0.2) is 9.89 Å². The van der Waals surface area contributed by atoms with Gasteiger partial charge in [-0.2, -0.15) is 0 Å². The predicted molar refractivity (Wildman–Crippen MR) is 44.7 cm³/mol. The van der Waals surface area contributed by atoms with E-state index in [4.69, 9.17) is 0 Å². The number of hydrogen-bond acceptors (Lipinski definition) is 2. The summed E-state index contributed by atoms with van der Waals surface area (Å²) in [5, 5.41) is 10.3. The fourth-order valence-electron chi connectivity index (χ4n) is 1.07. The molecule has 0 N–H and O–H groups in total. The zero-order valence-corrected chi connectivity index (χ0v) is 7.58. The third-order valence-electron chi connectivity index (χ3n) is 1.65. The van der Waals surface area contributed by atoms with E-state index in [0.717, 1.165) is 12.8 Å². The summed E-state index contributed by atoms with van der Waals surface area (Å²) in [6.07, 6.45) is 5.96. The summed E-state index contributed by atoms with van der Waals surface area (Å²) in [6, 6.07) is 0. The summed E-state index contributed by atoms with van der Waals surface area (Å²) < 4.78 is -0.351. The molecule has 0 aromatic rings. The Morgan fingerprint density at radius 2 is 2.50 bits per heavy atom. The molecule has 0 fully saturated rings. The Kier molecular flexibility index (Phi) is 2.71. The third-order valence-corrected chi connectivity index (χ3v) is 3.08. The number of halogens is 1. The lowest BCUT2D eigenvalue weighted by molar-refractivity contribution is -0.304. The van der Waals surface area contributed by atoms with Gasteiger partial charge in [-0.25, -0.2) is 0 Å². The highest BCUT2D eigenvalue weighted by molar-refractivity contribution is 14.1. The number of rotatable bonds is 2. The van der Waals surface area contributed by atoms with Gasteiger partial charge in [-0.15, -0.1) is 0 Å². The van der Waals surface area contributed by atoms with Crippen molar-refractivity contribution in [2.45, 2.75) is 16.8 Å². The number of carbonyl (C=O) groups excluding carboxylic acids is 1. The van der Waals surface area contributed by atoms with Crippen molar-refractivity contribution in [1.82, 2.24) is 0 Å². The van der Waals surface area contributed by atoms with Crippen molar-refractivity contribution in [3.05, 3.63) is 12.2 Å². The number of hydrogen-bond donors (Lipinski definition) is 0. The van der Waals surface area contributed by atoms with Gasteiger partial charge in [0.1, 0.15) is 0 Å². The van der Waals surface area contributed by atoms with E-state index >= 15 is 0 Å². The predicted octanol–water partition coefficient (Wildman–Crippen LogP) is 0.506. The van der Waals surface area contributed by atoms with Gasteiger partial charge in [0.2, 0.25) is 0 Å². The summed E-state index contributed by atoms with van der Waals surface area (Å²) in [5.74, 6) is -0.747. The van der Waals surface area contributed by atoms with Crippen molar-refractivity contribution in [1.29, 1.82) is 0 Å². The van der Waals surface area contributed by atoms with Gasteiger partial charge in [-0.05, 0) is 18.8 Å². The van der Waals surface area contributed by atoms with Crippen LogP contribution in [0.1, 0.15) is 12.8 Å². The summed E-state index contributed by atoms with van der Waals surface area (Å²) >= 11 is 1.92. The Balaban J connectivity index is 2.48. The van der Waals surface area contributed by atoms with E-state index in [9.17, 15) is 9.90 Å². The number of carboxylic acids is 1. The van der Waals surface area contributed by atoms with Gasteiger partial charge >= 0.3 is 0 Å². The van der Waals surface area contributed by atoms with Crippen LogP contribution < -0.4 is 5.11 Å². The van der Waals surface area contributed by atoms with Crippen LogP contribution in [0.5, 0.6) is 0 Å². The first kappa shape index (κ1) is 8.04. The summed E-state index contributed by atoms with van der Waals surface area (Å²) in [7, 11) is 0. The topological polar surface area (TPSA) is 40.1 Å². The Labute approximate surface area is 73.5 Å². The lowest BCUT2D eigenvalue weighted by atomic mass is 10.1. The molecule has 0 amide bonds. The quantitative estimate of drug-likeness (QED) is 0.407. The lowest BCUT2D eigenvalue weighted by Crippen LogP contribution is -2.35. The van der Waals surface area contributed by atoms with Gasteiger partial charge in [0.25, 0.3) is 0 Å². The van der Waals surface area contributed by atoms with Crippen molar-refractivity contribution in [3.8, 4) is 0 Å². The smallest absolute Gasteiger partial charge is 0.0568 e. The number of alkyl halides is 1. The molecule has 0 radical (unpaired) electrons. The normalized spacial score (nSPS) is 26.7. The van der Waals surface area contributed by atoms with Crippen LogP contribution in [0.15, 0.2) is 12.2 Å². The van der Waals surface area contributed by atoms with E-state index in [1.165, 1.54) is 0 Å². The van der Waals surface area contributed by atoms with Gasteiger partial charge in [0.15, 0.2) is 0 Å². The first-order valence-electron chi connectivity index (χ1n) is 3.23. The van der Waals surface area contributed by atoms with Crippen molar-refractivity contribution in [3.63, 3.8) is 0 Å². The molecule has 0 heterocycles. The van der Waals surface area contributed by atoms with Crippen LogP contribution in [0, 0.1) is 5.92 Å².